The van der Waals surface area contributed by atoms with E-state index >= 15 is 0 Å². The number of nitriles is 1. The second-order valence-corrected chi connectivity index (χ2v) is 4.34. The molecule has 0 saturated carbocycles. The predicted octanol–water partition coefficient (Wildman–Crippen LogP) is 2.04. The van der Waals surface area contributed by atoms with Crippen LogP contribution in [0.1, 0.15) is 23.2 Å². The van der Waals surface area contributed by atoms with Gasteiger partial charge in [0.25, 0.3) is 0 Å². The number of carboxylic acid groups (broad SMARTS) is 1. The summed E-state index contributed by atoms with van der Waals surface area (Å²) in [7, 11) is 0. The maximum absolute atomic E-state index is 11.0. The quantitative estimate of drug-likeness (QED) is 0.689. The van der Waals surface area contributed by atoms with Crippen molar-refractivity contribution in [3.05, 3.63) is 27.5 Å². The van der Waals surface area contributed by atoms with Gasteiger partial charge in [-0.2, -0.15) is 5.26 Å². The topological polar surface area (TPSA) is 80.1 Å². The molecule has 0 fully saturated rings. The lowest BCUT2D eigenvalue weighted by molar-refractivity contribution is 0.143. The molecule has 0 saturated heterocycles. The average molecular weight is 249 g/mol. The highest BCUT2D eigenvalue weighted by Crippen LogP contribution is 2.18. The molecule has 0 aromatic carbocycles. The van der Waals surface area contributed by atoms with Gasteiger partial charge in [-0.1, -0.05) is 12.2 Å². The standard InChI is InChI=1S/C11H11N3O2S/c12-5-7-4-8-6-14(11(15)16)3-1-2-9(8)13-10(7)17/h4H,1-3,6H2,(H,13,17)(H,15,16). The highest BCUT2D eigenvalue weighted by Gasteiger charge is 2.19. The minimum absolute atomic E-state index is 0.311. The minimum Gasteiger partial charge on any atom is -0.465 e. The summed E-state index contributed by atoms with van der Waals surface area (Å²) < 4.78 is 0.426. The van der Waals surface area contributed by atoms with Gasteiger partial charge in [-0.25, -0.2) is 4.79 Å². The molecule has 2 rings (SSSR count). The van der Waals surface area contributed by atoms with E-state index in [0.717, 1.165) is 24.1 Å². The molecule has 1 aromatic heterocycles. The summed E-state index contributed by atoms with van der Waals surface area (Å²) in [5, 5.41) is 17.9. The summed E-state index contributed by atoms with van der Waals surface area (Å²) in [6.07, 6.45) is 0.587. The van der Waals surface area contributed by atoms with E-state index in [-0.39, 0.29) is 0 Å². The van der Waals surface area contributed by atoms with E-state index in [9.17, 15) is 4.79 Å². The van der Waals surface area contributed by atoms with Crippen LogP contribution in [0.3, 0.4) is 0 Å². The molecule has 6 heteroatoms. The number of carbonyl (C=O) groups is 1. The fraction of sp³-hybridized carbons (Fsp3) is 0.364. The minimum atomic E-state index is -0.932. The Morgan fingerprint density at radius 1 is 1.65 bits per heavy atom. The van der Waals surface area contributed by atoms with Crippen molar-refractivity contribution in [3.63, 3.8) is 0 Å². The molecule has 2 heterocycles. The Morgan fingerprint density at radius 3 is 3.06 bits per heavy atom. The smallest absolute Gasteiger partial charge is 0.407 e. The first kappa shape index (κ1) is 11.6. The highest BCUT2D eigenvalue weighted by molar-refractivity contribution is 7.71. The molecule has 0 radical (unpaired) electrons. The first-order chi connectivity index (χ1) is 8.11. The fourth-order valence-electron chi connectivity index (χ4n) is 1.95. The van der Waals surface area contributed by atoms with Crippen LogP contribution < -0.4 is 0 Å². The Labute approximate surface area is 103 Å². The van der Waals surface area contributed by atoms with Crippen LogP contribution in [-0.4, -0.2) is 27.6 Å². The van der Waals surface area contributed by atoms with E-state index < -0.39 is 6.09 Å². The molecule has 5 nitrogen and oxygen atoms in total. The molecular weight excluding hydrogens is 238 g/mol. The summed E-state index contributed by atoms with van der Waals surface area (Å²) in [4.78, 5) is 15.3. The molecule has 0 atom stereocenters. The van der Waals surface area contributed by atoms with E-state index in [4.69, 9.17) is 22.6 Å². The van der Waals surface area contributed by atoms with Gasteiger partial charge < -0.3 is 15.0 Å². The number of H-pyrrole nitrogens is 1. The van der Waals surface area contributed by atoms with Crippen molar-refractivity contribution in [2.24, 2.45) is 0 Å². The van der Waals surface area contributed by atoms with E-state index in [2.05, 4.69) is 4.98 Å². The van der Waals surface area contributed by atoms with E-state index in [0.29, 0.717) is 23.3 Å². The van der Waals surface area contributed by atoms with Gasteiger partial charge in [0.05, 0.1) is 12.1 Å². The molecular formula is C11H11N3O2S. The van der Waals surface area contributed by atoms with Crippen molar-refractivity contribution >= 4 is 18.3 Å². The van der Waals surface area contributed by atoms with Crippen LogP contribution in [0.25, 0.3) is 0 Å². The zero-order valence-corrected chi connectivity index (χ0v) is 9.88. The second-order valence-electron chi connectivity index (χ2n) is 3.94. The van der Waals surface area contributed by atoms with Crippen LogP contribution in [-0.2, 0) is 13.0 Å². The zero-order chi connectivity index (χ0) is 12.4. The monoisotopic (exact) mass is 249 g/mol. The number of hydrogen-bond acceptors (Lipinski definition) is 3. The first-order valence-electron chi connectivity index (χ1n) is 5.25. The number of nitrogens with zero attached hydrogens (tertiary/aromatic N) is 2. The van der Waals surface area contributed by atoms with Crippen molar-refractivity contribution in [3.8, 4) is 6.07 Å². The number of aryl methyl sites for hydroxylation is 1. The molecule has 1 aliphatic rings. The van der Waals surface area contributed by atoms with Crippen molar-refractivity contribution < 1.29 is 9.90 Å². The lowest BCUT2D eigenvalue weighted by Crippen LogP contribution is -2.28. The van der Waals surface area contributed by atoms with Gasteiger partial charge in [0, 0.05) is 12.2 Å². The molecule has 0 spiro atoms. The van der Waals surface area contributed by atoms with Gasteiger partial charge in [-0.05, 0) is 24.5 Å². The van der Waals surface area contributed by atoms with Crippen LogP contribution in [0.15, 0.2) is 6.07 Å². The number of aromatic amines is 1. The SMILES string of the molecule is N#Cc1cc2c([nH]c1=S)CCCN(C(=O)O)C2. The summed E-state index contributed by atoms with van der Waals surface area (Å²) in [6, 6.07) is 3.70. The van der Waals surface area contributed by atoms with Crippen molar-refractivity contribution in [2.45, 2.75) is 19.4 Å². The van der Waals surface area contributed by atoms with Crippen molar-refractivity contribution in [1.82, 2.24) is 9.88 Å². The molecule has 0 unspecified atom stereocenters. The molecule has 1 aromatic rings. The molecule has 88 valence electrons. The lowest BCUT2D eigenvalue weighted by Gasteiger charge is -2.16. The highest BCUT2D eigenvalue weighted by atomic mass is 32.1. The third kappa shape index (κ3) is 2.29. The number of fused-ring (bicyclic) bond motifs is 1. The van der Waals surface area contributed by atoms with E-state index in [1.807, 2.05) is 6.07 Å². The van der Waals surface area contributed by atoms with Gasteiger partial charge in [0.1, 0.15) is 10.7 Å². The number of nitrogens with one attached hydrogen (secondary N) is 1. The lowest BCUT2D eigenvalue weighted by atomic mass is 10.1. The third-order valence-electron chi connectivity index (χ3n) is 2.82. The average Bonchev–Trinajstić information content (AvgIpc) is 2.49. The summed E-state index contributed by atoms with van der Waals surface area (Å²) in [6.45, 7) is 0.817. The maximum atomic E-state index is 11.0. The normalized spacial score (nSPS) is 14.6. The van der Waals surface area contributed by atoms with Gasteiger partial charge in [0.15, 0.2) is 0 Å². The van der Waals surface area contributed by atoms with Gasteiger partial charge in [-0.3, -0.25) is 0 Å². The van der Waals surface area contributed by atoms with Crippen LogP contribution in [0.4, 0.5) is 4.79 Å². The molecule has 2 N–H and O–H groups in total. The second kappa shape index (κ2) is 4.55. The molecule has 1 amide bonds. The van der Waals surface area contributed by atoms with E-state index in [1.54, 1.807) is 6.07 Å². The Hall–Kier alpha value is -1.87. The number of rotatable bonds is 0. The maximum Gasteiger partial charge on any atom is 0.407 e. The Balaban J connectivity index is 2.45. The van der Waals surface area contributed by atoms with Crippen LogP contribution in [0, 0.1) is 16.0 Å². The molecule has 1 aliphatic heterocycles. The summed E-state index contributed by atoms with van der Waals surface area (Å²) in [5.41, 5.74) is 2.18. The van der Waals surface area contributed by atoms with Gasteiger partial charge >= 0.3 is 6.09 Å². The zero-order valence-electron chi connectivity index (χ0n) is 9.06. The van der Waals surface area contributed by atoms with Crippen LogP contribution in [0.5, 0.6) is 0 Å². The number of pyridine rings is 1. The third-order valence-corrected chi connectivity index (χ3v) is 3.14. The van der Waals surface area contributed by atoms with Crippen molar-refractivity contribution in [2.75, 3.05) is 6.54 Å². The summed E-state index contributed by atoms with van der Waals surface area (Å²) in [5.74, 6) is 0. The van der Waals surface area contributed by atoms with Crippen LogP contribution in [0.2, 0.25) is 0 Å². The van der Waals surface area contributed by atoms with Gasteiger partial charge in [0.2, 0.25) is 0 Å². The van der Waals surface area contributed by atoms with Gasteiger partial charge in [-0.15, -0.1) is 0 Å². The molecule has 17 heavy (non-hydrogen) atoms. The Morgan fingerprint density at radius 2 is 2.41 bits per heavy atom. The molecule has 0 bridgehead atoms. The van der Waals surface area contributed by atoms with Crippen molar-refractivity contribution in [1.29, 1.82) is 5.26 Å². The van der Waals surface area contributed by atoms with E-state index in [1.165, 1.54) is 4.90 Å². The number of amides is 1. The Kier molecular flexibility index (Phi) is 3.11. The number of hydrogen-bond donors (Lipinski definition) is 2. The summed E-state index contributed by atoms with van der Waals surface area (Å²) >= 11 is 5.05. The first-order valence-corrected chi connectivity index (χ1v) is 5.65. The number of aromatic nitrogens is 1. The molecule has 0 aliphatic carbocycles. The van der Waals surface area contributed by atoms with Crippen LogP contribution >= 0.6 is 12.2 Å². The predicted molar refractivity (Wildman–Crippen MR) is 63.1 cm³/mol. The fourth-order valence-corrected chi connectivity index (χ4v) is 2.18. The Bertz CT molecular complexity index is 559. The largest absolute Gasteiger partial charge is 0.465 e.